The highest BCUT2D eigenvalue weighted by atomic mass is 79.9. The van der Waals surface area contributed by atoms with Gasteiger partial charge in [-0.3, -0.25) is 0 Å². The quantitative estimate of drug-likeness (QED) is 0.464. The molecule has 18 heavy (non-hydrogen) atoms. The second-order valence-electron chi connectivity index (χ2n) is 3.76. The van der Waals surface area contributed by atoms with E-state index < -0.39 is 12.9 Å². The Kier molecular flexibility index (Phi) is 5.46. The summed E-state index contributed by atoms with van der Waals surface area (Å²) in [6.07, 6.45) is 3.72. The topological polar surface area (TPSA) is 44.3 Å². The molecular weight excluding hydrogens is 300 g/mol. The van der Waals surface area contributed by atoms with Gasteiger partial charge in [-0.1, -0.05) is 12.1 Å². The Morgan fingerprint density at radius 3 is 2.39 bits per heavy atom. The van der Waals surface area contributed by atoms with Gasteiger partial charge in [-0.15, -0.1) is 0 Å². The molecule has 0 amide bonds. The molecule has 0 aliphatic carbocycles. The Labute approximate surface area is 115 Å². The van der Waals surface area contributed by atoms with E-state index in [1.165, 1.54) is 6.07 Å². The first-order valence-electron chi connectivity index (χ1n) is 5.25. The Hall–Kier alpha value is -1.24. The van der Waals surface area contributed by atoms with Crippen molar-refractivity contribution in [1.82, 2.24) is 0 Å². The Balaban J connectivity index is 0.00000162. The molecule has 0 radical (unpaired) electrons. The highest BCUT2D eigenvalue weighted by molar-refractivity contribution is 6.59. The molecule has 2 rings (SSSR count). The molecule has 0 atom stereocenters. The SMILES string of the molecule is OB(O)c1cc(F)ccc1C[n+]1ccccc1.[Br-]. The zero-order valence-electron chi connectivity index (χ0n) is 9.50. The predicted molar refractivity (Wildman–Crippen MR) is 62.0 cm³/mol. The van der Waals surface area contributed by atoms with E-state index in [0.29, 0.717) is 12.1 Å². The molecule has 0 bridgehead atoms. The van der Waals surface area contributed by atoms with Gasteiger partial charge in [-0.05, 0) is 17.6 Å². The highest BCUT2D eigenvalue weighted by Gasteiger charge is 2.18. The number of halogens is 2. The molecule has 6 heteroatoms. The van der Waals surface area contributed by atoms with E-state index in [1.54, 1.807) is 6.07 Å². The summed E-state index contributed by atoms with van der Waals surface area (Å²) in [5.74, 6) is -0.477. The van der Waals surface area contributed by atoms with Crippen molar-refractivity contribution in [3.63, 3.8) is 0 Å². The summed E-state index contributed by atoms with van der Waals surface area (Å²) in [7, 11) is -1.66. The third-order valence-corrected chi connectivity index (χ3v) is 2.52. The number of hydrogen-bond donors (Lipinski definition) is 2. The third kappa shape index (κ3) is 3.63. The van der Waals surface area contributed by atoms with Crippen molar-refractivity contribution in [2.24, 2.45) is 0 Å². The molecule has 0 saturated carbocycles. The summed E-state index contributed by atoms with van der Waals surface area (Å²) >= 11 is 0. The van der Waals surface area contributed by atoms with Crippen LogP contribution in [0.3, 0.4) is 0 Å². The fraction of sp³-hybridized carbons (Fsp3) is 0.0833. The van der Waals surface area contributed by atoms with Gasteiger partial charge in [0.1, 0.15) is 5.82 Å². The maximum atomic E-state index is 13.0. The fourth-order valence-corrected chi connectivity index (χ4v) is 1.69. The molecule has 2 N–H and O–H groups in total. The molecule has 94 valence electrons. The van der Waals surface area contributed by atoms with Gasteiger partial charge in [-0.2, -0.15) is 0 Å². The van der Waals surface area contributed by atoms with Gasteiger partial charge in [0.15, 0.2) is 18.9 Å². The van der Waals surface area contributed by atoms with Gasteiger partial charge >= 0.3 is 7.12 Å². The maximum Gasteiger partial charge on any atom is 0.489 e. The van der Waals surface area contributed by atoms with E-state index in [2.05, 4.69) is 0 Å². The number of pyridine rings is 1. The van der Waals surface area contributed by atoms with Crippen molar-refractivity contribution in [1.29, 1.82) is 0 Å². The second kappa shape index (κ2) is 6.63. The number of aromatic nitrogens is 1. The minimum Gasteiger partial charge on any atom is -1.00 e. The molecular formula is C12H12BBrFNO2. The predicted octanol–water partition coefficient (Wildman–Crippen LogP) is -3.15. The van der Waals surface area contributed by atoms with Gasteiger partial charge in [-0.25, -0.2) is 8.96 Å². The van der Waals surface area contributed by atoms with Crippen molar-refractivity contribution in [3.05, 3.63) is 60.2 Å². The normalized spacial score (nSPS) is 9.72. The molecule has 2 aromatic rings. The van der Waals surface area contributed by atoms with Gasteiger partial charge < -0.3 is 27.0 Å². The van der Waals surface area contributed by atoms with E-state index in [1.807, 2.05) is 35.2 Å². The van der Waals surface area contributed by atoms with Gasteiger partial charge in [0, 0.05) is 17.7 Å². The van der Waals surface area contributed by atoms with Gasteiger partial charge in [0.05, 0.1) is 0 Å². The minimum absolute atomic E-state index is 0. The summed E-state index contributed by atoms with van der Waals surface area (Å²) in [5, 5.41) is 18.4. The maximum absolute atomic E-state index is 13.0. The first-order chi connectivity index (χ1) is 8.16. The Morgan fingerprint density at radius 1 is 1.11 bits per heavy atom. The van der Waals surface area contributed by atoms with Crippen LogP contribution in [0, 0.1) is 5.82 Å². The molecule has 0 spiro atoms. The van der Waals surface area contributed by atoms with Crippen molar-refractivity contribution >= 4 is 12.6 Å². The number of rotatable bonds is 3. The number of benzene rings is 1. The lowest BCUT2D eigenvalue weighted by molar-refractivity contribution is -0.688. The zero-order chi connectivity index (χ0) is 12.3. The largest absolute Gasteiger partial charge is 1.00 e. The molecule has 1 aromatic carbocycles. The highest BCUT2D eigenvalue weighted by Crippen LogP contribution is 2.01. The lowest BCUT2D eigenvalue weighted by Crippen LogP contribution is -3.00. The molecule has 0 unspecified atom stereocenters. The average molecular weight is 312 g/mol. The standard InChI is InChI=1S/C12H12BFNO2.BrH/c14-11-5-4-10(12(8-11)13(16)17)9-15-6-2-1-3-7-15;/h1-8,16-17H,9H2;1H/q+1;/p-1. The van der Waals surface area contributed by atoms with Gasteiger partial charge in [0.25, 0.3) is 0 Å². The average Bonchev–Trinajstić information content (AvgIpc) is 2.32. The molecule has 1 heterocycles. The lowest BCUT2D eigenvalue weighted by Gasteiger charge is -2.06. The van der Waals surface area contributed by atoms with Crippen molar-refractivity contribution in [2.75, 3.05) is 0 Å². The minimum atomic E-state index is -1.66. The van der Waals surface area contributed by atoms with Crippen molar-refractivity contribution < 1.29 is 36.0 Å². The van der Waals surface area contributed by atoms with Crippen LogP contribution < -0.4 is 27.0 Å². The fourth-order valence-electron chi connectivity index (χ4n) is 1.69. The van der Waals surface area contributed by atoms with Crippen LogP contribution in [0.1, 0.15) is 5.56 Å². The van der Waals surface area contributed by atoms with E-state index in [-0.39, 0.29) is 22.4 Å². The summed E-state index contributed by atoms with van der Waals surface area (Å²) in [6.45, 7) is 0.466. The second-order valence-corrected chi connectivity index (χ2v) is 3.76. The summed E-state index contributed by atoms with van der Waals surface area (Å²) in [5.41, 5.74) is 0.874. The first kappa shape index (κ1) is 14.8. The van der Waals surface area contributed by atoms with Crippen LogP contribution in [-0.4, -0.2) is 17.2 Å². The van der Waals surface area contributed by atoms with E-state index in [4.69, 9.17) is 0 Å². The van der Waals surface area contributed by atoms with Gasteiger partial charge in [0.2, 0.25) is 0 Å². The van der Waals surface area contributed by atoms with E-state index in [0.717, 1.165) is 6.07 Å². The molecule has 0 fully saturated rings. The van der Waals surface area contributed by atoms with Crippen LogP contribution in [-0.2, 0) is 6.54 Å². The number of nitrogens with zero attached hydrogens (tertiary/aromatic N) is 1. The summed E-state index contributed by atoms with van der Waals surface area (Å²) in [4.78, 5) is 0. The van der Waals surface area contributed by atoms with Crippen LogP contribution in [0.5, 0.6) is 0 Å². The zero-order valence-corrected chi connectivity index (χ0v) is 11.1. The van der Waals surface area contributed by atoms with Crippen molar-refractivity contribution in [2.45, 2.75) is 6.54 Å². The Morgan fingerprint density at radius 2 is 1.78 bits per heavy atom. The van der Waals surface area contributed by atoms with E-state index in [9.17, 15) is 14.4 Å². The lowest BCUT2D eigenvalue weighted by atomic mass is 9.77. The van der Waals surface area contributed by atoms with E-state index >= 15 is 0 Å². The summed E-state index contributed by atoms with van der Waals surface area (Å²) < 4.78 is 14.9. The third-order valence-electron chi connectivity index (χ3n) is 2.52. The molecule has 0 aliphatic rings. The first-order valence-corrected chi connectivity index (χ1v) is 5.25. The van der Waals surface area contributed by atoms with Crippen LogP contribution in [0.25, 0.3) is 0 Å². The van der Waals surface area contributed by atoms with Crippen LogP contribution >= 0.6 is 0 Å². The van der Waals surface area contributed by atoms with Crippen LogP contribution in [0.2, 0.25) is 0 Å². The Bertz CT molecular complexity index is 511. The van der Waals surface area contributed by atoms with Crippen LogP contribution in [0.15, 0.2) is 48.8 Å². The molecule has 0 saturated heterocycles. The molecule has 3 nitrogen and oxygen atoms in total. The molecule has 1 aromatic heterocycles. The van der Waals surface area contributed by atoms with Crippen molar-refractivity contribution in [3.8, 4) is 0 Å². The van der Waals surface area contributed by atoms with Crippen LogP contribution in [0.4, 0.5) is 4.39 Å². The monoisotopic (exact) mass is 311 g/mol. The summed E-state index contributed by atoms with van der Waals surface area (Å²) in [6, 6.07) is 9.65. The molecule has 0 aliphatic heterocycles. The number of hydrogen-bond acceptors (Lipinski definition) is 2. The smallest absolute Gasteiger partial charge is 0.489 e.